The zero-order valence-corrected chi connectivity index (χ0v) is 8.31. The Labute approximate surface area is 73.0 Å². The van der Waals surface area contributed by atoms with E-state index < -0.39 is 8.80 Å². The molecule has 1 atom stereocenters. The molecule has 1 heterocycles. The second-order valence-corrected chi connectivity index (χ2v) is 6.28. The molecule has 0 fully saturated rings. The Balaban J connectivity index is 2.50. The van der Waals surface area contributed by atoms with Crippen molar-refractivity contribution in [2.45, 2.75) is 6.55 Å². The van der Waals surface area contributed by atoms with Gasteiger partial charge < -0.3 is 5.32 Å². The van der Waals surface area contributed by atoms with Crippen molar-refractivity contribution in [1.82, 2.24) is 0 Å². The van der Waals surface area contributed by atoms with E-state index >= 15 is 0 Å². The van der Waals surface area contributed by atoms with E-state index in [9.17, 15) is 0 Å². The lowest BCUT2D eigenvalue weighted by Crippen LogP contribution is -2.24. The minimum absolute atomic E-state index is 0.637. The van der Waals surface area contributed by atoms with Gasteiger partial charge in [-0.1, -0.05) is 24.2 Å². The molecule has 0 bridgehead atoms. The first-order valence-electron chi connectivity index (χ1n) is 3.80. The van der Waals surface area contributed by atoms with Gasteiger partial charge >= 0.3 is 0 Å². The van der Waals surface area contributed by atoms with Gasteiger partial charge in [0.05, 0.1) is 8.80 Å². The molecule has 2 rings (SSSR count). The van der Waals surface area contributed by atoms with Crippen molar-refractivity contribution in [2.24, 2.45) is 0 Å². The normalized spacial score (nSPS) is 21.1. The zero-order valence-electron chi connectivity index (χ0n) is 6.39. The number of rotatable bonds is 0. The van der Waals surface area contributed by atoms with Crippen LogP contribution in [0.5, 0.6) is 0 Å². The Morgan fingerprint density at radius 1 is 1.55 bits per heavy atom. The molecule has 1 aliphatic heterocycles. The summed E-state index contributed by atoms with van der Waals surface area (Å²) >= 11 is 5.85. The summed E-state index contributed by atoms with van der Waals surface area (Å²) in [6.07, 6.45) is 1.18. The highest BCUT2D eigenvalue weighted by molar-refractivity contribution is 6.75. The van der Waals surface area contributed by atoms with Gasteiger partial charge in [-0.05, 0) is 17.3 Å². The third-order valence-electron chi connectivity index (χ3n) is 2.14. The lowest BCUT2D eigenvalue weighted by molar-refractivity contribution is 1.49. The third-order valence-corrected chi connectivity index (χ3v) is 4.76. The highest BCUT2D eigenvalue weighted by Crippen LogP contribution is 2.17. The van der Waals surface area contributed by atoms with Crippen LogP contribution in [-0.2, 0) is 0 Å². The molecule has 1 aromatic carbocycles. The van der Waals surface area contributed by atoms with E-state index in [4.69, 9.17) is 11.6 Å². The lowest BCUT2D eigenvalue weighted by Gasteiger charge is -2.00. The molecule has 58 valence electrons. The molecule has 0 radical (unpaired) electrons. The molecular weight excluding hydrogens is 174 g/mol. The molecule has 0 aromatic heterocycles. The molecule has 0 saturated heterocycles. The fourth-order valence-electron chi connectivity index (χ4n) is 1.48. The highest BCUT2D eigenvalue weighted by atomic mass is 35.5. The number of nitrogens with one attached hydrogen (secondary N) is 1. The van der Waals surface area contributed by atoms with Gasteiger partial charge in [0.2, 0.25) is 0 Å². The first-order valence-corrected chi connectivity index (χ1v) is 6.73. The maximum atomic E-state index is 5.85. The third kappa shape index (κ3) is 1.16. The van der Waals surface area contributed by atoms with E-state index in [-0.39, 0.29) is 0 Å². The minimum atomic E-state index is -0.637. The number of halogens is 1. The van der Waals surface area contributed by atoms with E-state index in [1.165, 1.54) is 17.0 Å². The highest BCUT2D eigenvalue weighted by Gasteiger charge is 2.18. The predicted octanol–water partition coefficient (Wildman–Crippen LogP) is 1.37. The molecule has 1 unspecified atom stereocenters. The lowest BCUT2D eigenvalue weighted by atomic mass is 10.3. The first-order chi connectivity index (χ1) is 5.27. The maximum absolute atomic E-state index is 5.85. The van der Waals surface area contributed by atoms with Gasteiger partial charge in [-0.25, -0.2) is 0 Å². The Morgan fingerprint density at radius 2 is 2.36 bits per heavy atom. The second-order valence-electron chi connectivity index (χ2n) is 3.01. The van der Waals surface area contributed by atoms with Crippen LogP contribution in [0.25, 0.3) is 0 Å². The zero-order chi connectivity index (χ0) is 7.84. The summed E-state index contributed by atoms with van der Waals surface area (Å²) in [6.45, 7) is 2.35. The van der Waals surface area contributed by atoms with E-state index in [0.717, 1.165) is 5.02 Å². The molecule has 11 heavy (non-hydrogen) atoms. The van der Waals surface area contributed by atoms with Crippen LogP contribution < -0.4 is 10.5 Å². The summed E-state index contributed by atoms with van der Waals surface area (Å²) in [5.74, 6) is 0. The monoisotopic (exact) mass is 183 g/mol. The molecule has 1 aliphatic rings. The number of fused-ring (bicyclic) bond motifs is 1. The van der Waals surface area contributed by atoms with Crippen molar-refractivity contribution in [3.8, 4) is 0 Å². The average Bonchev–Trinajstić information content (AvgIpc) is 2.32. The maximum Gasteiger partial charge on any atom is 0.0915 e. The summed E-state index contributed by atoms with van der Waals surface area (Å²) in [6, 6.07) is 6.17. The van der Waals surface area contributed by atoms with Gasteiger partial charge in [-0.3, -0.25) is 0 Å². The number of benzene rings is 1. The molecule has 0 aliphatic carbocycles. The van der Waals surface area contributed by atoms with Crippen LogP contribution in [0.2, 0.25) is 11.6 Å². The SMILES string of the molecule is C[SiH]1CNc2cc(Cl)ccc21. The van der Waals surface area contributed by atoms with Crippen LogP contribution in [0, 0.1) is 0 Å². The van der Waals surface area contributed by atoms with Crippen molar-refractivity contribution in [3.05, 3.63) is 23.2 Å². The van der Waals surface area contributed by atoms with Crippen molar-refractivity contribution < 1.29 is 0 Å². The predicted molar refractivity (Wildman–Crippen MR) is 52.6 cm³/mol. The summed E-state index contributed by atoms with van der Waals surface area (Å²) in [5, 5.41) is 5.72. The van der Waals surface area contributed by atoms with Gasteiger partial charge in [-0.15, -0.1) is 0 Å². The van der Waals surface area contributed by atoms with E-state index in [1.807, 2.05) is 12.1 Å². The molecule has 0 saturated carbocycles. The van der Waals surface area contributed by atoms with Crippen molar-refractivity contribution >= 4 is 31.3 Å². The molecule has 3 heteroatoms. The second kappa shape index (κ2) is 2.54. The Kier molecular flexibility index (Phi) is 1.66. The first kappa shape index (κ1) is 7.19. The van der Waals surface area contributed by atoms with E-state index in [1.54, 1.807) is 0 Å². The van der Waals surface area contributed by atoms with Gasteiger partial charge in [-0.2, -0.15) is 0 Å². The van der Waals surface area contributed by atoms with Crippen molar-refractivity contribution in [2.75, 3.05) is 11.5 Å². The number of anilines is 1. The van der Waals surface area contributed by atoms with Crippen LogP contribution in [0.1, 0.15) is 0 Å². The molecule has 0 amide bonds. The van der Waals surface area contributed by atoms with Gasteiger partial charge in [0.15, 0.2) is 0 Å². The molecule has 1 nitrogen and oxygen atoms in total. The van der Waals surface area contributed by atoms with E-state index in [0.29, 0.717) is 0 Å². The number of hydrogen-bond donors (Lipinski definition) is 1. The fourth-order valence-corrected chi connectivity index (χ4v) is 3.54. The molecule has 1 N–H and O–H groups in total. The summed E-state index contributed by atoms with van der Waals surface area (Å²) in [5.41, 5.74) is 1.26. The Morgan fingerprint density at radius 3 is 3.18 bits per heavy atom. The summed E-state index contributed by atoms with van der Waals surface area (Å²) in [4.78, 5) is 0. The van der Waals surface area contributed by atoms with Gasteiger partial charge in [0, 0.05) is 16.9 Å². The molecule has 0 spiro atoms. The van der Waals surface area contributed by atoms with Gasteiger partial charge in [0.25, 0.3) is 0 Å². The fraction of sp³-hybridized carbons (Fsp3) is 0.250. The van der Waals surface area contributed by atoms with Crippen LogP contribution in [0.15, 0.2) is 18.2 Å². The largest absolute Gasteiger partial charge is 0.388 e. The van der Waals surface area contributed by atoms with Crippen LogP contribution in [0.4, 0.5) is 5.69 Å². The smallest absolute Gasteiger partial charge is 0.0915 e. The van der Waals surface area contributed by atoms with Crippen molar-refractivity contribution in [3.63, 3.8) is 0 Å². The summed E-state index contributed by atoms with van der Waals surface area (Å²) < 4.78 is 0. The Bertz CT molecular complexity index is 287. The quantitative estimate of drug-likeness (QED) is 0.600. The van der Waals surface area contributed by atoms with Crippen LogP contribution >= 0.6 is 11.6 Å². The average molecular weight is 184 g/mol. The standard InChI is InChI=1S/C8H10ClNSi/c1-11-5-10-7-4-6(9)2-3-8(7)11/h2-4,10-11H,5H2,1H3. The minimum Gasteiger partial charge on any atom is -0.388 e. The molecule has 1 aromatic rings. The van der Waals surface area contributed by atoms with Gasteiger partial charge in [0.1, 0.15) is 0 Å². The molecular formula is C8H10ClNSi. The number of hydrogen-bond acceptors (Lipinski definition) is 1. The Hall–Kier alpha value is -0.473. The summed E-state index contributed by atoms with van der Waals surface area (Å²) in [7, 11) is -0.637. The van der Waals surface area contributed by atoms with Crippen LogP contribution in [0.3, 0.4) is 0 Å². The van der Waals surface area contributed by atoms with Crippen LogP contribution in [-0.4, -0.2) is 15.0 Å². The van der Waals surface area contributed by atoms with E-state index in [2.05, 4.69) is 17.9 Å². The van der Waals surface area contributed by atoms with Crippen molar-refractivity contribution in [1.29, 1.82) is 0 Å². The topological polar surface area (TPSA) is 12.0 Å².